The lowest BCUT2D eigenvalue weighted by molar-refractivity contribution is -0.113. The predicted molar refractivity (Wildman–Crippen MR) is 108 cm³/mol. The van der Waals surface area contributed by atoms with E-state index in [9.17, 15) is 4.79 Å². The number of methoxy groups -OCH3 is 1. The van der Waals surface area contributed by atoms with Gasteiger partial charge in [0.25, 0.3) is 5.91 Å². The number of thiocarbonyl (C=S) groups is 1. The van der Waals surface area contributed by atoms with Crippen LogP contribution in [0.25, 0.3) is 6.08 Å². The number of hydrogen-bond donors (Lipinski definition) is 0. The molecule has 0 radical (unpaired) electrons. The normalized spacial score (nSPS) is 16.3. The zero-order valence-electron chi connectivity index (χ0n) is 12.2. The van der Waals surface area contributed by atoms with E-state index in [1.54, 1.807) is 12.0 Å². The molecule has 0 unspecified atom stereocenters. The molecule has 0 aliphatic carbocycles. The van der Waals surface area contributed by atoms with Crippen molar-refractivity contribution < 1.29 is 9.53 Å². The minimum absolute atomic E-state index is 0.105. The van der Waals surface area contributed by atoms with E-state index in [1.165, 1.54) is 11.8 Å². The van der Waals surface area contributed by atoms with Gasteiger partial charge in [0.15, 0.2) is 4.32 Å². The minimum atomic E-state index is -0.105. The molecule has 3 rings (SSSR count). The van der Waals surface area contributed by atoms with Gasteiger partial charge < -0.3 is 4.74 Å². The zero-order valence-corrected chi connectivity index (χ0v) is 15.9. The van der Waals surface area contributed by atoms with Crippen LogP contribution in [0.15, 0.2) is 53.4 Å². The first kappa shape index (κ1) is 16.5. The maximum Gasteiger partial charge on any atom is 0.270 e. The molecule has 1 heterocycles. The molecule has 1 aliphatic heterocycles. The largest absolute Gasteiger partial charge is 0.496 e. The Labute approximate surface area is 157 Å². The molecule has 1 aliphatic rings. The second-order valence-electron chi connectivity index (χ2n) is 4.74. The van der Waals surface area contributed by atoms with E-state index in [0.29, 0.717) is 9.23 Å². The number of para-hydroxylation sites is 1. The lowest BCUT2D eigenvalue weighted by Crippen LogP contribution is -2.27. The van der Waals surface area contributed by atoms with Crippen LogP contribution in [0.4, 0.5) is 5.69 Å². The van der Waals surface area contributed by atoms with E-state index in [1.807, 2.05) is 54.6 Å². The number of nitrogens with zero attached hydrogens (tertiary/aromatic N) is 1. The molecule has 1 saturated heterocycles. The van der Waals surface area contributed by atoms with Crippen LogP contribution < -0.4 is 9.64 Å². The fourth-order valence-corrected chi connectivity index (χ4v) is 4.03. The summed E-state index contributed by atoms with van der Waals surface area (Å²) in [6.07, 6.45) is 1.84. The van der Waals surface area contributed by atoms with E-state index in [-0.39, 0.29) is 5.91 Å². The summed E-state index contributed by atoms with van der Waals surface area (Å²) in [6.45, 7) is 0. The Morgan fingerprint density at radius 3 is 2.65 bits per heavy atom. The molecule has 0 bridgehead atoms. The first-order valence-corrected chi connectivity index (χ1v) is 9.07. The molecule has 116 valence electrons. The van der Waals surface area contributed by atoms with Crippen molar-refractivity contribution in [3.8, 4) is 5.75 Å². The summed E-state index contributed by atoms with van der Waals surface area (Å²) in [5, 5.41) is 0. The van der Waals surface area contributed by atoms with Crippen molar-refractivity contribution in [3.63, 3.8) is 0 Å². The number of thioether (sulfide) groups is 1. The highest BCUT2D eigenvalue weighted by atomic mass is 127. The van der Waals surface area contributed by atoms with Gasteiger partial charge in [-0.2, -0.15) is 0 Å². The van der Waals surface area contributed by atoms with Crippen LogP contribution in [0.2, 0.25) is 0 Å². The van der Waals surface area contributed by atoms with Gasteiger partial charge in [-0.15, -0.1) is 0 Å². The second kappa shape index (κ2) is 7.02. The maximum absolute atomic E-state index is 12.7. The fraction of sp³-hybridized carbons (Fsp3) is 0.0588. The summed E-state index contributed by atoms with van der Waals surface area (Å²) in [7, 11) is 1.62. The maximum atomic E-state index is 12.7. The van der Waals surface area contributed by atoms with Gasteiger partial charge in [-0.25, -0.2) is 0 Å². The summed E-state index contributed by atoms with van der Waals surface area (Å²) in [5.41, 5.74) is 1.65. The van der Waals surface area contributed by atoms with Gasteiger partial charge >= 0.3 is 0 Å². The SMILES string of the molecule is COc1ccc(I)cc1C=C1SC(=S)N(c2ccccc2)C1=O. The third-order valence-corrected chi connectivity index (χ3v) is 5.26. The number of hydrogen-bond acceptors (Lipinski definition) is 4. The highest BCUT2D eigenvalue weighted by Crippen LogP contribution is 2.37. The highest BCUT2D eigenvalue weighted by Gasteiger charge is 2.33. The van der Waals surface area contributed by atoms with E-state index in [0.717, 1.165) is 20.6 Å². The van der Waals surface area contributed by atoms with Crippen molar-refractivity contribution in [1.82, 2.24) is 0 Å². The van der Waals surface area contributed by atoms with Gasteiger partial charge in [0.2, 0.25) is 0 Å². The Hall–Kier alpha value is -1.38. The third kappa shape index (κ3) is 3.44. The van der Waals surface area contributed by atoms with E-state index in [2.05, 4.69) is 22.6 Å². The molecule has 0 atom stereocenters. The Morgan fingerprint density at radius 1 is 1.22 bits per heavy atom. The monoisotopic (exact) mass is 453 g/mol. The smallest absolute Gasteiger partial charge is 0.270 e. The van der Waals surface area contributed by atoms with Crippen LogP contribution in [-0.4, -0.2) is 17.3 Å². The van der Waals surface area contributed by atoms with Crippen LogP contribution in [0.3, 0.4) is 0 Å². The van der Waals surface area contributed by atoms with Crippen molar-refractivity contribution >= 4 is 68.6 Å². The van der Waals surface area contributed by atoms with Gasteiger partial charge in [0, 0.05) is 9.13 Å². The molecule has 0 saturated carbocycles. The van der Waals surface area contributed by atoms with Crippen molar-refractivity contribution in [1.29, 1.82) is 0 Å². The molecule has 2 aromatic carbocycles. The second-order valence-corrected chi connectivity index (χ2v) is 7.66. The molecule has 3 nitrogen and oxygen atoms in total. The fourth-order valence-electron chi connectivity index (χ4n) is 2.23. The Morgan fingerprint density at radius 2 is 1.96 bits per heavy atom. The van der Waals surface area contributed by atoms with Crippen molar-refractivity contribution in [2.75, 3.05) is 12.0 Å². The van der Waals surface area contributed by atoms with Gasteiger partial charge in [-0.1, -0.05) is 42.2 Å². The molecular weight excluding hydrogens is 441 g/mol. The summed E-state index contributed by atoms with van der Waals surface area (Å²) < 4.78 is 6.99. The van der Waals surface area contributed by atoms with Gasteiger partial charge in [-0.05, 0) is 59.0 Å². The number of amides is 1. The highest BCUT2D eigenvalue weighted by molar-refractivity contribution is 14.1. The Bertz CT molecular complexity index is 805. The van der Waals surface area contributed by atoms with E-state index >= 15 is 0 Å². The number of anilines is 1. The number of ether oxygens (including phenoxy) is 1. The molecule has 0 spiro atoms. The molecule has 1 fully saturated rings. The first-order valence-electron chi connectivity index (χ1n) is 6.76. The molecule has 1 amide bonds. The number of carbonyl (C=O) groups excluding carboxylic acids is 1. The predicted octanol–water partition coefficient (Wildman–Crippen LogP) is 4.71. The van der Waals surface area contributed by atoms with E-state index < -0.39 is 0 Å². The lowest BCUT2D eigenvalue weighted by Gasteiger charge is -2.13. The quantitative estimate of drug-likeness (QED) is 0.383. The molecular formula is C17H12INO2S2. The summed E-state index contributed by atoms with van der Waals surface area (Å²) in [6, 6.07) is 15.3. The molecule has 0 aromatic heterocycles. The zero-order chi connectivity index (χ0) is 16.4. The van der Waals surface area contributed by atoms with Crippen molar-refractivity contribution in [2.45, 2.75) is 0 Å². The van der Waals surface area contributed by atoms with Crippen LogP contribution in [0.1, 0.15) is 5.56 Å². The number of halogens is 1. The minimum Gasteiger partial charge on any atom is -0.496 e. The number of carbonyl (C=O) groups is 1. The van der Waals surface area contributed by atoms with Crippen molar-refractivity contribution in [3.05, 3.63) is 62.6 Å². The summed E-state index contributed by atoms with van der Waals surface area (Å²) >= 11 is 8.92. The summed E-state index contributed by atoms with van der Waals surface area (Å²) in [5.74, 6) is 0.627. The third-order valence-electron chi connectivity index (χ3n) is 3.29. The van der Waals surface area contributed by atoms with Crippen LogP contribution in [0.5, 0.6) is 5.75 Å². The van der Waals surface area contributed by atoms with Gasteiger partial charge in [-0.3, -0.25) is 9.69 Å². The van der Waals surface area contributed by atoms with Crippen molar-refractivity contribution in [2.24, 2.45) is 0 Å². The number of benzene rings is 2. The Kier molecular flexibility index (Phi) is 5.03. The molecule has 2 aromatic rings. The molecule has 6 heteroatoms. The van der Waals surface area contributed by atoms with Gasteiger partial charge in [0.1, 0.15) is 5.75 Å². The standard InChI is InChI=1S/C17H12INO2S2/c1-21-14-8-7-12(18)9-11(14)10-15-16(20)19(17(22)23-15)13-5-3-2-4-6-13/h2-10H,1H3. The van der Waals surface area contributed by atoms with Crippen LogP contribution >= 0.6 is 46.6 Å². The Balaban J connectivity index is 1.98. The van der Waals surface area contributed by atoms with Crippen LogP contribution in [0, 0.1) is 3.57 Å². The topological polar surface area (TPSA) is 29.5 Å². The molecule has 23 heavy (non-hydrogen) atoms. The van der Waals surface area contributed by atoms with Crippen LogP contribution in [-0.2, 0) is 4.79 Å². The number of rotatable bonds is 3. The average molecular weight is 453 g/mol. The van der Waals surface area contributed by atoms with E-state index in [4.69, 9.17) is 17.0 Å². The molecule has 0 N–H and O–H groups in total. The first-order chi connectivity index (χ1) is 11.1. The summed E-state index contributed by atoms with van der Waals surface area (Å²) in [4.78, 5) is 14.9. The average Bonchev–Trinajstić information content (AvgIpc) is 2.82. The lowest BCUT2D eigenvalue weighted by atomic mass is 10.2. The van der Waals surface area contributed by atoms with Gasteiger partial charge in [0.05, 0.1) is 17.7 Å².